The van der Waals surface area contributed by atoms with Crippen molar-refractivity contribution in [1.82, 2.24) is 9.97 Å². The number of aromatic nitrogens is 2. The van der Waals surface area contributed by atoms with E-state index in [1.807, 2.05) is 13.8 Å². The van der Waals surface area contributed by atoms with Gasteiger partial charge in [-0.1, -0.05) is 33.6 Å². The van der Waals surface area contributed by atoms with E-state index in [1.165, 1.54) is 25.3 Å². The van der Waals surface area contributed by atoms with Gasteiger partial charge in [0.05, 0.1) is 17.0 Å². The first-order valence-corrected chi connectivity index (χ1v) is 11.3. The van der Waals surface area contributed by atoms with Gasteiger partial charge in [0.15, 0.2) is 6.10 Å². The number of carbonyl (C=O) groups is 1. The third-order valence-corrected chi connectivity index (χ3v) is 6.18. The number of pyridine rings is 2. The second kappa shape index (κ2) is 10.2. The standard InChI is InChI=1S/C24H28F5N3O2/c1-4-8-23(13-25,9-5-2)17-12-14(24(28,29)6-3)11-16(31-17)15-7-10-30-21-18(15)19(20(26)27)34-22(33)32-21/h7,10-12,19-20H,4-6,8-9,13H2,1-3H3,(H,30,32,33). The Morgan fingerprint density at radius 3 is 2.38 bits per heavy atom. The monoisotopic (exact) mass is 485 g/mol. The Labute approximate surface area is 195 Å². The van der Waals surface area contributed by atoms with Crippen LogP contribution < -0.4 is 5.32 Å². The van der Waals surface area contributed by atoms with Gasteiger partial charge in [0.2, 0.25) is 0 Å². The third-order valence-electron chi connectivity index (χ3n) is 6.18. The van der Waals surface area contributed by atoms with Gasteiger partial charge in [0, 0.05) is 29.2 Å². The van der Waals surface area contributed by atoms with Crippen molar-refractivity contribution in [3.05, 3.63) is 41.2 Å². The summed E-state index contributed by atoms with van der Waals surface area (Å²) < 4.78 is 76.6. The lowest BCUT2D eigenvalue weighted by Crippen LogP contribution is -2.31. The van der Waals surface area contributed by atoms with E-state index in [0.29, 0.717) is 25.7 Å². The van der Waals surface area contributed by atoms with E-state index in [9.17, 15) is 26.7 Å². The molecule has 0 bridgehead atoms. The summed E-state index contributed by atoms with van der Waals surface area (Å²) >= 11 is 0. The molecule has 1 unspecified atom stereocenters. The van der Waals surface area contributed by atoms with Crippen LogP contribution in [0, 0.1) is 0 Å². The van der Waals surface area contributed by atoms with Crippen molar-refractivity contribution < 1.29 is 31.5 Å². The van der Waals surface area contributed by atoms with Gasteiger partial charge in [0.1, 0.15) is 12.5 Å². The van der Waals surface area contributed by atoms with Crippen molar-refractivity contribution >= 4 is 11.9 Å². The Morgan fingerprint density at radius 1 is 1.15 bits per heavy atom. The van der Waals surface area contributed by atoms with Crippen LogP contribution in [0.15, 0.2) is 24.4 Å². The maximum absolute atomic E-state index is 14.9. The van der Waals surface area contributed by atoms with Crippen LogP contribution in [0.3, 0.4) is 0 Å². The Balaban J connectivity index is 2.32. The zero-order valence-electron chi connectivity index (χ0n) is 19.3. The lowest BCUT2D eigenvalue weighted by Gasteiger charge is -2.32. The van der Waals surface area contributed by atoms with Gasteiger partial charge in [-0.25, -0.2) is 27.3 Å². The second-order valence-corrected chi connectivity index (χ2v) is 8.50. The molecule has 0 saturated heterocycles. The summed E-state index contributed by atoms with van der Waals surface area (Å²) in [5.41, 5.74) is -1.44. The average molecular weight is 485 g/mol. The summed E-state index contributed by atoms with van der Waals surface area (Å²) in [6.07, 6.45) is -3.40. The maximum Gasteiger partial charge on any atom is 0.413 e. The molecule has 3 heterocycles. The molecule has 1 amide bonds. The molecule has 1 atom stereocenters. The van der Waals surface area contributed by atoms with Gasteiger partial charge in [-0.05, 0) is 31.0 Å². The number of ether oxygens (including phenoxy) is 1. The molecule has 0 fully saturated rings. The van der Waals surface area contributed by atoms with E-state index < -0.39 is 43.1 Å². The molecule has 5 nitrogen and oxygen atoms in total. The molecule has 0 spiro atoms. The molecule has 186 valence electrons. The maximum atomic E-state index is 14.9. The summed E-state index contributed by atoms with van der Waals surface area (Å²) in [7, 11) is 0. The number of alkyl halides is 5. The second-order valence-electron chi connectivity index (χ2n) is 8.50. The fourth-order valence-electron chi connectivity index (χ4n) is 4.46. The fourth-order valence-corrected chi connectivity index (χ4v) is 4.46. The van der Waals surface area contributed by atoms with Gasteiger partial charge < -0.3 is 4.74 Å². The fraction of sp³-hybridized carbons (Fsp3) is 0.542. The Hall–Kier alpha value is -2.78. The molecule has 10 heteroatoms. The number of fused-ring (bicyclic) bond motifs is 1. The number of amides is 1. The average Bonchev–Trinajstić information content (AvgIpc) is 2.82. The molecule has 1 N–H and O–H groups in total. The van der Waals surface area contributed by atoms with Crippen LogP contribution in [0.2, 0.25) is 0 Å². The highest BCUT2D eigenvalue weighted by molar-refractivity contribution is 5.89. The van der Waals surface area contributed by atoms with Crippen molar-refractivity contribution in [1.29, 1.82) is 0 Å². The topological polar surface area (TPSA) is 64.1 Å². The molecular formula is C24H28F5N3O2. The largest absolute Gasteiger partial charge is 0.435 e. The number of carbonyl (C=O) groups excluding carboxylic acids is 1. The summed E-state index contributed by atoms with van der Waals surface area (Å²) in [4.78, 5) is 20.2. The van der Waals surface area contributed by atoms with Crippen molar-refractivity contribution in [3.8, 4) is 11.3 Å². The predicted molar refractivity (Wildman–Crippen MR) is 118 cm³/mol. The molecule has 0 saturated carbocycles. The van der Waals surface area contributed by atoms with E-state index in [-0.39, 0.29) is 33.9 Å². The Bertz CT molecular complexity index is 1030. The van der Waals surface area contributed by atoms with E-state index in [2.05, 4.69) is 15.3 Å². The molecule has 1 aliphatic heterocycles. The smallest absolute Gasteiger partial charge is 0.413 e. The number of nitrogens with zero attached hydrogens (tertiary/aromatic N) is 2. The number of halogens is 5. The minimum absolute atomic E-state index is 0.0327. The zero-order valence-corrected chi connectivity index (χ0v) is 19.3. The Morgan fingerprint density at radius 2 is 1.82 bits per heavy atom. The molecule has 2 aromatic heterocycles. The summed E-state index contributed by atoms with van der Waals surface area (Å²) in [5.74, 6) is -3.40. The van der Waals surface area contributed by atoms with Crippen LogP contribution in [0.25, 0.3) is 11.3 Å². The highest BCUT2D eigenvalue weighted by Gasteiger charge is 2.39. The highest BCUT2D eigenvalue weighted by atomic mass is 19.3. The molecule has 0 aliphatic carbocycles. The first kappa shape index (κ1) is 25.8. The van der Waals surface area contributed by atoms with Gasteiger partial charge in [-0.3, -0.25) is 14.7 Å². The third kappa shape index (κ3) is 4.86. The molecule has 0 aromatic carbocycles. The zero-order chi connectivity index (χ0) is 25.1. The number of cyclic esters (lactones) is 1. The number of anilines is 1. The summed E-state index contributed by atoms with van der Waals surface area (Å²) in [5, 5.41) is 2.27. The van der Waals surface area contributed by atoms with Crippen LogP contribution in [0.5, 0.6) is 0 Å². The molecule has 0 radical (unpaired) electrons. The first-order chi connectivity index (χ1) is 16.1. The summed E-state index contributed by atoms with van der Waals surface area (Å²) in [6.45, 7) is 4.27. The molecule has 2 aromatic rings. The van der Waals surface area contributed by atoms with Gasteiger partial charge in [-0.15, -0.1) is 0 Å². The summed E-state index contributed by atoms with van der Waals surface area (Å²) in [6, 6.07) is 3.71. The predicted octanol–water partition coefficient (Wildman–Crippen LogP) is 7.32. The van der Waals surface area contributed by atoms with E-state index in [4.69, 9.17) is 4.74 Å². The molecule has 1 aliphatic rings. The minimum atomic E-state index is -3.24. The van der Waals surface area contributed by atoms with Crippen LogP contribution in [0.1, 0.15) is 75.8 Å². The highest BCUT2D eigenvalue weighted by Crippen LogP contribution is 2.43. The van der Waals surface area contributed by atoms with Crippen LogP contribution >= 0.6 is 0 Å². The van der Waals surface area contributed by atoms with Crippen LogP contribution in [0.4, 0.5) is 32.6 Å². The molecular weight excluding hydrogens is 457 g/mol. The number of hydrogen-bond donors (Lipinski definition) is 1. The molecule has 34 heavy (non-hydrogen) atoms. The number of hydrogen-bond acceptors (Lipinski definition) is 4. The van der Waals surface area contributed by atoms with E-state index in [0.717, 1.165) is 6.07 Å². The lowest BCUT2D eigenvalue weighted by atomic mass is 9.76. The van der Waals surface area contributed by atoms with Crippen LogP contribution in [-0.4, -0.2) is 29.2 Å². The minimum Gasteiger partial charge on any atom is -0.435 e. The van der Waals surface area contributed by atoms with E-state index >= 15 is 0 Å². The van der Waals surface area contributed by atoms with E-state index in [1.54, 1.807) is 0 Å². The number of rotatable bonds is 10. The van der Waals surface area contributed by atoms with Crippen LogP contribution in [-0.2, 0) is 16.1 Å². The van der Waals surface area contributed by atoms with Crippen molar-refractivity contribution in [2.24, 2.45) is 0 Å². The van der Waals surface area contributed by atoms with Gasteiger partial charge in [-0.2, -0.15) is 0 Å². The number of nitrogens with one attached hydrogen (secondary N) is 1. The van der Waals surface area contributed by atoms with Gasteiger partial charge in [0.25, 0.3) is 12.3 Å². The SMILES string of the molecule is CCCC(CF)(CCC)c1cc(C(F)(F)CC)cc(-c2ccnc3c2C(C(F)F)OC(=O)N3)n1. The quantitative estimate of drug-likeness (QED) is 0.358. The van der Waals surface area contributed by atoms with Crippen molar-refractivity contribution in [2.45, 2.75) is 76.7 Å². The van der Waals surface area contributed by atoms with Gasteiger partial charge >= 0.3 is 6.09 Å². The van der Waals surface area contributed by atoms with Crippen molar-refractivity contribution in [3.63, 3.8) is 0 Å². The first-order valence-electron chi connectivity index (χ1n) is 11.3. The Kier molecular flexibility index (Phi) is 7.77. The lowest BCUT2D eigenvalue weighted by molar-refractivity contribution is -0.0168. The normalized spacial score (nSPS) is 16.3. The molecule has 3 rings (SSSR count). The van der Waals surface area contributed by atoms with Crippen molar-refractivity contribution in [2.75, 3.05) is 12.0 Å².